The Morgan fingerprint density at radius 3 is 3.00 bits per heavy atom. The molecule has 2 heterocycles. The summed E-state index contributed by atoms with van der Waals surface area (Å²) in [4.78, 5) is 8.34. The van der Waals surface area contributed by atoms with Crippen LogP contribution in [0, 0.1) is 0 Å². The summed E-state index contributed by atoms with van der Waals surface area (Å²) in [5.41, 5.74) is 0.850. The number of nitrogens with one attached hydrogen (secondary N) is 1. The number of aryl methyl sites for hydroxylation is 1. The van der Waals surface area contributed by atoms with Gasteiger partial charge in [0.2, 0.25) is 11.7 Å². The number of hydrogen-bond donors (Lipinski definition) is 1. The molecule has 0 aliphatic heterocycles. The second-order valence-corrected chi connectivity index (χ2v) is 4.09. The van der Waals surface area contributed by atoms with Gasteiger partial charge >= 0.3 is 0 Å². The quantitative estimate of drug-likeness (QED) is 0.847. The van der Waals surface area contributed by atoms with Gasteiger partial charge in [0, 0.05) is 13.1 Å². The lowest BCUT2D eigenvalue weighted by Gasteiger charge is -2.07. The second-order valence-electron chi connectivity index (χ2n) is 4.09. The van der Waals surface area contributed by atoms with E-state index in [-0.39, 0.29) is 0 Å². The smallest absolute Gasteiger partial charge is 0.240 e. The molecule has 0 aliphatic rings. The zero-order valence-corrected chi connectivity index (χ0v) is 10.3. The monoisotopic (exact) mass is 235 g/mol. The number of nitrogens with zero attached hydrogens (tertiary/aromatic N) is 4. The van der Waals surface area contributed by atoms with E-state index < -0.39 is 0 Å². The maximum atomic E-state index is 5.17. The van der Waals surface area contributed by atoms with E-state index in [0.29, 0.717) is 24.3 Å². The fraction of sp³-hybridized carbons (Fsp3) is 0.545. The van der Waals surface area contributed by atoms with Gasteiger partial charge in [-0.05, 0) is 13.3 Å². The summed E-state index contributed by atoms with van der Waals surface area (Å²) in [5, 5.41) is 7.24. The molecule has 0 aromatic carbocycles. The fourth-order valence-corrected chi connectivity index (χ4v) is 1.41. The molecule has 0 fully saturated rings. The van der Waals surface area contributed by atoms with E-state index in [1.165, 1.54) is 0 Å². The van der Waals surface area contributed by atoms with Crippen LogP contribution in [0.15, 0.2) is 17.0 Å². The molecule has 0 amide bonds. The maximum Gasteiger partial charge on any atom is 0.240 e. The van der Waals surface area contributed by atoms with Crippen LogP contribution in [0.3, 0.4) is 0 Å². The molecule has 6 heteroatoms. The molecule has 0 spiro atoms. The van der Waals surface area contributed by atoms with Gasteiger partial charge in [0.15, 0.2) is 0 Å². The molecule has 2 aromatic heterocycles. The number of rotatable bonds is 5. The summed E-state index contributed by atoms with van der Waals surface area (Å²) in [5.74, 6) is 1.17. The van der Waals surface area contributed by atoms with Crippen molar-refractivity contribution in [3.05, 3.63) is 18.4 Å². The van der Waals surface area contributed by atoms with Crippen molar-refractivity contribution in [2.45, 2.75) is 32.9 Å². The lowest BCUT2D eigenvalue weighted by atomic mass is 10.3. The van der Waals surface area contributed by atoms with Crippen molar-refractivity contribution in [2.75, 3.05) is 0 Å². The maximum absolute atomic E-state index is 5.17. The highest BCUT2D eigenvalue weighted by Crippen LogP contribution is 2.13. The van der Waals surface area contributed by atoms with Crippen molar-refractivity contribution in [1.29, 1.82) is 0 Å². The van der Waals surface area contributed by atoms with Gasteiger partial charge in [-0.1, -0.05) is 12.1 Å². The summed E-state index contributed by atoms with van der Waals surface area (Å²) in [6.45, 7) is 4.85. The van der Waals surface area contributed by atoms with E-state index in [0.717, 1.165) is 12.1 Å². The predicted molar refractivity (Wildman–Crippen MR) is 63.1 cm³/mol. The zero-order chi connectivity index (χ0) is 12.3. The first-order chi connectivity index (χ1) is 8.20. The molecular formula is C11H17N5O. The summed E-state index contributed by atoms with van der Waals surface area (Å²) in [6, 6.07) is 0.446. The Hall–Kier alpha value is -1.69. The Bertz CT molecular complexity index is 476. The zero-order valence-electron chi connectivity index (χ0n) is 10.3. The first-order valence-corrected chi connectivity index (χ1v) is 5.73. The van der Waals surface area contributed by atoms with Gasteiger partial charge in [0.05, 0.1) is 19.1 Å². The van der Waals surface area contributed by atoms with Gasteiger partial charge in [0.25, 0.3) is 0 Å². The first kappa shape index (κ1) is 11.8. The molecule has 2 rings (SSSR count). The van der Waals surface area contributed by atoms with E-state index in [2.05, 4.69) is 34.3 Å². The Morgan fingerprint density at radius 1 is 1.53 bits per heavy atom. The third kappa shape index (κ3) is 2.71. The van der Waals surface area contributed by atoms with Crippen molar-refractivity contribution in [1.82, 2.24) is 25.0 Å². The van der Waals surface area contributed by atoms with Crippen molar-refractivity contribution in [2.24, 2.45) is 7.05 Å². The van der Waals surface area contributed by atoms with Crippen LogP contribution in [0.5, 0.6) is 0 Å². The molecule has 2 aromatic rings. The SMILES string of the molecule is CCC(C)NCc1nc(-c2cncn2C)no1. The summed E-state index contributed by atoms with van der Waals surface area (Å²) in [6.07, 6.45) is 4.50. The molecule has 0 aliphatic carbocycles. The first-order valence-electron chi connectivity index (χ1n) is 5.73. The van der Waals surface area contributed by atoms with Crippen LogP contribution in [0.1, 0.15) is 26.2 Å². The molecule has 0 saturated carbocycles. The molecule has 0 radical (unpaired) electrons. The lowest BCUT2D eigenvalue weighted by molar-refractivity contribution is 0.358. The minimum absolute atomic E-state index is 0.446. The average Bonchev–Trinajstić information content (AvgIpc) is 2.94. The van der Waals surface area contributed by atoms with Gasteiger partial charge in [-0.3, -0.25) is 0 Å². The summed E-state index contributed by atoms with van der Waals surface area (Å²) < 4.78 is 7.03. The van der Waals surface area contributed by atoms with Crippen molar-refractivity contribution in [3.63, 3.8) is 0 Å². The Labute approximate surface area is 100 Å². The van der Waals surface area contributed by atoms with Gasteiger partial charge < -0.3 is 14.4 Å². The molecule has 1 unspecified atom stereocenters. The van der Waals surface area contributed by atoms with E-state index in [1.807, 2.05) is 11.6 Å². The molecule has 0 bridgehead atoms. The fourth-order valence-electron chi connectivity index (χ4n) is 1.41. The Kier molecular flexibility index (Phi) is 3.53. The minimum Gasteiger partial charge on any atom is -0.337 e. The normalized spacial score (nSPS) is 12.9. The highest BCUT2D eigenvalue weighted by Gasteiger charge is 2.11. The molecule has 1 atom stereocenters. The van der Waals surface area contributed by atoms with E-state index in [1.54, 1.807) is 12.5 Å². The number of aromatic nitrogens is 4. The van der Waals surface area contributed by atoms with Crippen LogP contribution in [-0.4, -0.2) is 25.7 Å². The van der Waals surface area contributed by atoms with Crippen molar-refractivity contribution in [3.8, 4) is 11.5 Å². The third-order valence-electron chi connectivity index (χ3n) is 2.73. The molecule has 0 saturated heterocycles. The van der Waals surface area contributed by atoms with E-state index >= 15 is 0 Å². The number of hydrogen-bond acceptors (Lipinski definition) is 5. The highest BCUT2D eigenvalue weighted by atomic mass is 16.5. The van der Waals surface area contributed by atoms with Crippen molar-refractivity contribution >= 4 is 0 Å². The van der Waals surface area contributed by atoms with Crippen LogP contribution in [0.25, 0.3) is 11.5 Å². The average molecular weight is 235 g/mol. The molecular weight excluding hydrogens is 218 g/mol. The molecule has 17 heavy (non-hydrogen) atoms. The van der Waals surface area contributed by atoms with Crippen LogP contribution in [0.4, 0.5) is 0 Å². The van der Waals surface area contributed by atoms with Crippen molar-refractivity contribution < 1.29 is 4.52 Å². The topological polar surface area (TPSA) is 68.8 Å². The second kappa shape index (κ2) is 5.09. The van der Waals surface area contributed by atoms with Crippen LogP contribution in [0.2, 0.25) is 0 Å². The Morgan fingerprint density at radius 2 is 2.35 bits per heavy atom. The van der Waals surface area contributed by atoms with Gasteiger partial charge in [-0.2, -0.15) is 4.98 Å². The van der Waals surface area contributed by atoms with Gasteiger partial charge in [0.1, 0.15) is 5.69 Å². The van der Waals surface area contributed by atoms with Crippen LogP contribution >= 0.6 is 0 Å². The predicted octanol–water partition coefficient (Wildman–Crippen LogP) is 1.36. The third-order valence-corrected chi connectivity index (χ3v) is 2.73. The molecule has 6 nitrogen and oxygen atoms in total. The Balaban J connectivity index is 2.04. The molecule has 92 valence electrons. The van der Waals surface area contributed by atoms with E-state index in [9.17, 15) is 0 Å². The summed E-state index contributed by atoms with van der Waals surface area (Å²) >= 11 is 0. The van der Waals surface area contributed by atoms with Gasteiger partial charge in [-0.15, -0.1) is 0 Å². The standard InChI is InChI=1S/C11H17N5O/c1-4-8(2)13-6-10-14-11(15-17-10)9-5-12-7-16(9)3/h5,7-8,13H,4,6H2,1-3H3. The van der Waals surface area contributed by atoms with Crippen LogP contribution < -0.4 is 5.32 Å². The highest BCUT2D eigenvalue weighted by molar-refractivity contribution is 5.46. The van der Waals surface area contributed by atoms with Crippen LogP contribution in [-0.2, 0) is 13.6 Å². The lowest BCUT2D eigenvalue weighted by Crippen LogP contribution is -2.24. The van der Waals surface area contributed by atoms with E-state index in [4.69, 9.17) is 4.52 Å². The largest absolute Gasteiger partial charge is 0.337 e. The number of imidazole rings is 1. The van der Waals surface area contributed by atoms with Gasteiger partial charge in [-0.25, -0.2) is 4.98 Å². The summed E-state index contributed by atoms with van der Waals surface area (Å²) in [7, 11) is 1.90. The minimum atomic E-state index is 0.446. The molecule has 1 N–H and O–H groups in total.